The number of nitrogens with one attached hydrogen (secondary N) is 2. The number of carbonyl (C=O) groups is 2. The van der Waals surface area contributed by atoms with Gasteiger partial charge in [-0.1, -0.05) is 18.2 Å². The topological polar surface area (TPSA) is 93.2 Å². The smallest absolute Gasteiger partial charge is 0.339 e. The molecule has 0 fully saturated rings. The number of hydrogen-bond donors (Lipinski definition) is 2. The number of pyridine rings is 2. The standard InChI is InChI=1S/C20H18N4O3/c1-27-20(26)17-6-2-3-7-18(17)24-16-9-15(12-22-13-16)19(25)23-11-14-5-4-8-21-10-14/h2-10,12-13,24H,11H2,1H3,(H,23,25). The molecular formula is C20H18N4O3. The molecule has 0 unspecified atom stereocenters. The summed E-state index contributed by atoms with van der Waals surface area (Å²) in [7, 11) is 1.33. The van der Waals surface area contributed by atoms with E-state index < -0.39 is 5.97 Å². The summed E-state index contributed by atoms with van der Waals surface area (Å²) in [5.74, 6) is -0.701. The normalized spacial score (nSPS) is 10.1. The highest BCUT2D eigenvalue weighted by Crippen LogP contribution is 2.21. The van der Waals surface area contributed by atoms with E-state index in [4.69, 9.17) is 4.74 Å². The molecule has 2 N–H and O–H groups in total. The second kappa shape index (κ2) is 8.57. The first-order valence-electron chi connectivity index (χ1n) is 8.24. The molecule has 3 aromatic rings. The zero-order chi connectivity index (χ0) is 19.1. The second-order valence-corrected chi connectivity index (χ2v) is 5.67. The molecule has 0 aliphatic carbocycles. The van der Waals surface area contributed by atoms with Crippen molar-refractivity contribution in [3.8, 4) is 0 Å². The monoisotopic (exact) mass is 362 g/mol. The van der Waals surface area contributed by atoms with E-state index in [1.54, 1.807) is 48.9 Å². The summed E-state index contributed by atoms with van der Waals surface area (Å²) in [6.07, 6.45) is 6.43. The number of carbonyl (C=O) groups excluding carboxylic acids is 2. The number of aromatic nitrogens is 2. The maximum atomic E-state index is 12.4. The van der Waals surface area contributed by atoms with Gasteiger partial charge in [0.05, 0.1) is 35.8 Å². The third-order valence-electron chi connectivity index (χ3n) is 3.79. The van der Waals surface area contributed by atoms with Gasteiger partial charge < -0.3 is 15.4 Å². The molecule has 0 spiro atoms. The Hall–Kier alpha value is -3.74. The number of methoxy groups -OCH3 is 1. The van der Waals surface area contributed by atoms with Gasteiger partial charge in [0, 0.05) is 25.1 Å². The van der Waals surface area contributed by atoms with Crippen LogP contribution in [0.25, 0.3) is 0 Å². The fourth-order valence-corrected chi connectivity index (χ4v) is 2.46. The van der Waals surface area contributed by atoms with Crippen LogP contribution in [0.15, 0.2) is 67.3 Å². The van der Waals surface area contributed by atoms with Gasteiger partial charge in [-0.3, -0.25) is 14.8 Å². The van der Waals surface area contributed by atoms with Crippen LogP contribution in [-0.4, -0.2) is 29.0 Å². The zero-order valence-corrected chi connectivity index (χ0v) is 14.7. The van der Waals surface area contributed by atoms with Crippen molar-refractivity contribution in [3.05, 3.63) is 83.9 Å². The third kappa shape index (κ3) is 4.66. The van der Waals surface area contributed by atoms with E-state index in [0.29, 0.717) is 29.0 Å². The van der Waals surface area contributed by atoms with E-state index in [9.17, 15) is 9.59 Å². The Bertz CT molecular complexity index is 945. The molecule has 27 heavy (non-hydrogen) atoms. The molecule has 0 aliphatic rings. The van der Waals surface area contributed by atoms with Crippen molar-refractivity contribution in [1.29, 1.82) is 0 Å². The van der Waals surface area contributed by atoms with Gasteiger partial charge in [-0.25, -0.2) is 4.79 Å². The van der Waals surface area contributed by atoms with Crippen molar-refractivity contribution in [2.24, 2.45) is 0 Å². The number of nitrogens with zero attached hydrogens (tertiary/aromatic N) is 2. The molecule has 1 aromatic carbocycles. The number of amides is 1. The number of para-hydroxylation sites is 1. The van der Waals surface area contributed by atoms with Crippen molar-refractivity contribution in [3.63, 3.8) is 0 Å². The van der Waals surface area contributed by atoms with Crippen molar-refractivity contribution in [2.45, 2.75) is 6.54 Å². The van der Waals surface area contributed by atoms with Crippen molar-refractivity contribution >= 4 is 23.3 Å². The minimum absolute atomic E-state index is 0.253. The fraction of sp³-hybridized carbons (Fsp3) is 0.100. The summed E-state index contributed by atoms with van der Waals surface area (Å²) in [6, 6.07) is 12.3. The predicted molar refractivity (Wildman–Crippen MR) is 101 cm³/mol. The summed E-state index contributed by atoms with van der Waals surface area (Å²) in [6.45, 7) is 0.371. The third-order valence-corrected chi connectivity index (χ3v) is 3.79. The summed E-state index contributed by atoms with van der Waals surface area (Å²) < 4.78 is 4.79. The van der Waals surface area contributed by atoms with Crippen LogP contribution in [-0.2, 0) is 11.3 Å². The molecule has 3 rings (SSSR count). The van der Waals surface area contributed by atoms with E-state index in [1.807, 2.05) is 12.1 Å². The molecule has 0 aliphatic heterocycles. The van der Waals surface area contributed by atoms with Gasteiger partial charge >= 0.3 is 5.97 Å². The van der Waals surface area contributed by atoms with Crippen LogP contribution in [0.5, 0.6) is 0 Å². The number of esters is 1. The van der Waals surface area contributed by atoms with E-state index >= 15 is 0 Å². The Kier molecular flexibility index (Phi) is 5.73. The van der Waals surface area contributed by atoms with Gasteiger partial charge in [0.1, 0.15) is 0 Å². The van der Waals surface area contributed by atoms with Gasteiger partial charge in [0.25, 0.3) is 5.91 Å². The van der Waals surface area contributed by atoms with Crippen LogP contribution in [0.1, 0.15) is 26.3 Å². The molecule has 1 amide bonds. The maximum Gasteiger partial charge on any atom is 0.339 e. The zero-order valence-electron chi connectivity index (χ0n) is 14.7. The molecule has 7 heteroatoms. The van der Waals surface area contributed by atoms with E-state index in [-0.39, 0.29) is 5.91 Å². The van der Waals surface area contributed by atoms with Crippen LogP contribution >= 0.6 is 0 Å². The number of ether oxygens (including phenoxy) is 1. The Morgan fingerprint density at radius 2 is 1.89 bits per heavy atom. The molecular weight excluding hydrogens is 344 g/mol. The summed E-state index contributed by atoms with van der Waals surface area (Å²) in [4.78, 5) is 32.4. The Morgan fingerprint density at radius 3 is 2.67 bits per heavy atom. The van der Waals surface area contributed by atoms with Gasteiger partial charge in [-0.15, -0.1) is 0 Å². The SMILES string of the molecule is COC(=O)c1ccccc1Nc1cncc(C(=O)NCc2cccnc2)c1. The minimum atomic E-state index is -0.448. The minimum Gasteiger partial charge on any atom is -0.465 e. The molecule has 0 saturated carbocycles. The summed E-state index contributed by atoms with van der Waals surface area (Å²) in [5.41, 5.74) is 2.85. The van der Waals surface area contributed by atoms with E-state index in [0.717, 1.165) is 5.56 Å². The number of rotatable bonds is 6. The first-order valence-corrected chi connectivity index (χ1v) is 8.24. The molecule has 0 atom stereocenters. The molecule has 2 aromatic heterocycles. The van der Waals surface area contributed by atoms with Gasteiger partial charge in [-0.2, -0.15) is 0 Å². The van der Waals surface area contributed by atoms with Crippen LogP contribution in [0.3, 0.4) is 0 Å². The Morgan fingerprint density at radius 1 is 1.04 bits per heavy atom. The lowest BCUT2D eigenvalue weighted by molar-refractivity contribution is 0.0601. The highest BCUT2D eigenvalue weighted by molar-refractivity contribution is 5.97. The van der Waals surface area contributed by atoms with Crippen molar-refractivity contribution in [2.75, 3.05) is 12.4 Å². The number of hydrogen-bond acceptors (Lipinski definition) is 6. The van der Waals surface area contributed by atoms with Gasteiger partial charge in [0.15, 0.2) is 0 Å². The van der Waals surface area contributed by atoms with E-state index in [1.165, 1.54) is 13.3 Å². The van der Waals surface area contributed by atoms with Crippen LogP contribution < -0.4 is 10.6 Å². The highest BCUT2D eigenvalue weighted by atomic mass is 16.5. The largest absolute Gasteiger partial charge is 0.465 e. The molecule has 2 heterocycles. The molecule has 0 radical (unpaired) electrons. The fourth-order valence-electron chi connectivity index (χ4n) is 2.46. The van der Waals surface area contributed by atoms with Crippen molar-refractivity contribution < 1.29 is 14.3 Å². The summed E-state index contributed by atoms with van der Waals surface area (Å²) in [5, 5.41) is 5.93. The lowest BCUT2D eigenvalue weighted by Crippen LogP contribution is -2.23. The van der Waals surface area contributed by atoms with E-state index in [2.05, 4.69) is 20.6 Å². The predicted octanol–water partition coefficient (Wildman–Crippen LogP) is 2.94. The first kappa shape index (κ1) is 18.1. The van der Waals surface area contributed by atoms with Crippen molar-refractivity contribution in [1.82, 2.24) is 15.3 Å². The quantitative estimate of drug-likeness (QED) is 0.655. The molecule has 0 saturated heterocycles. The summed E-state index contributed by atoms with van der Waals surface area (Å²) >= 11 is 0. The lowest BCUT2D eigenvalue weighted by Gasteiger charge is -2.11. The average Bonchev–Trinajstić information content (AvgIpc) is 2.73. The highest BCUT2D eigenvalue weighted by Gasteiger charge is 2.12. The first-order chi connectivity index (χ1) is 13.2. The molecule has 0 bridgehead atoms. The lowest BCUT2D eigenvalue weighted by atomic mass is 10.1. The average molecular weight is 362 g/mol. The molecule has 136 valence electrons. The van der Waals surface area contributed by atoms with Crippen LogP contribution in [0, 0.1) is 0 Å². The Balaban J connectivity index is 1.72. The number of anilines is 2. The molecule has 7 nitrogen and oxygen atoms in total. The van der Waals surface area contributed by atoms with Crippen LogP contribution in [0.4, 0.5) is 11.4 Å². The van der Waals surface area contributed by atoms with Gasteiger partial charge in [-0.05, 0) is 29.8 Å². The maximum absolute atomic E-state index is 12.4. The second-order valence-electron chi connectivity index (χ2n) is 5.67. The van der Waals surface area contributed by atoms with Gasteiger partial charge in [0.2, 0.25) is 0 Å². The van der Waals surface area contributed by atoms with Crippen LogP contribution in [0.2, 0.25) is 0 Å². The number of benzene rings is 1. The Labute approximate surface area is 156 Å².